The van der Waals surface area contributed by atoms with Crippen molar-refractivity contribution in [3.8, 4) is 11.1 Å². The molecule has 0 atom stereocenters. The zero-order valence-corrected chi connectivity index (χ0v) is 8.20. The maximum atomic E-state index is 10.6. The van der Waals surface area contributed by atoms with Crippen LogP contribution < -0.4 is 0 Å². The Morgan fingerprint density at radius 1 is 1.29 bits per heavy atom. The van der Waals surface area contributed by atoms with E-state index in [4.69, 9.17) is 4.42 Å². The third-order valence-electron chi connectivity index (χ3n) is 1.96. The van der Waals surface area contributed by atoms with Gasteiger partial charge >= 0.3 is 0 Å². The fourth-order valence-electron chi connectivity index (χ4n) is 1.32. The van der Waals surface area contributed by atoms with E-state index in [1.54, 1.807) is 6.07 Å². The van der Waals surface area contributed by atoms with Gasteiger partial charge in [-0.15, -0.1) is 12.6 Å². The highest BCUT2D eigenvalue weighted by Crippen LogP contribution is 2.25. The highest BCUT2D eigenvalue weighted by Gasteiger charge is 2.06. The summed E-state index contributed by atoms with van der Waals surface area (Å²) in [6.45, 7) is 0. The smallest absolute Gasteiger partial charge is 0.185 e. The van der Waals surface area contributed by atoms with E-state index in [9.17, 15) is 4.79 Å². The Hall–Kier alpha value is -1.48. The van der Waals surface area contributed by atoms with Gasteiger partial charge in [0.1, 0.15) is 0 Å². The molecule has 0 aliphatic carbocycles. The fourth-order valence-corrected chi connectivity index (χ4v) is 1.55. The van der Waals surface area contributed by atoms with E-state index in [1.165, 1.54) is 6.26 Å². The average molecular weight is 204 g/mol. The first-order valence-corrected chi connectivity index (χ1v) is 4.58. The normalized spacial score (nSPS) is 10.1. The first-order valence-electron chi connectivity index (χ1n) is 4.13. The van der Waals surface area contributed by atoms with E-state index in [1.807, 2.05) is 24.3 Å². The molecular formula is C11H8O2S. The summed E-state index contributed by atoms with van der Waals surface area (Å²) in [7, 11) is 0. The van der Waals surface area contributed by atoms with Crippen molar-refractivity contribution in [3.05, 3.63) is 42.4 Å². The molecule has 14 heavy (non-hydrogen) atoms. The van der Waals surface area contributed by atoms with Gasteiger partial charge in [-0.25, -0.2) is 0 Å². The van der Waals surface area contributed by atoms with Crippen molar-refractivity contribution in [2.45, 2.75) is 4.90 Å². The molecule has 2 aromatic rings. The van der Waals surface area contributed by atoms with Gasteiger partial charge in [-0.2, -0.15) is 0 Å². The van der Waals surface area contributed by atoms with Gasteiger partial charge in [0.05, 0.1) is 6.26 Å². The zero-order chi connectivity index (χ0) is 9.97. The number of rotatable bonds is 2. The third-order valence-corrected chi connectivity index (χ3v) is 2.24. The molecule has 2 nitrogen and oxygen atoms in total. The van der Waals surface area contributed by atoms with Gasteiger partial charge in [0.25, 0.3) is 0 Å². The molecule has 0 radical (unpaired) electrons. The summed E-state index contributed by atoms with van der Waals surface area (Å²) in [5.74, 6) is 0.351. The van der Waals surface area contributed by atoms with Crippen molar-refractivity contribution in [3.63, 3.8) is 0 Å². The van der Waals surface area contributed by atoms with Crippen LogP contribution in [0.1, 0.15) is 10.6 Å². The second-order valence-electron chi connectivity index (χ2n) is 2.87. The Balaban J connectivity index is 2.54. The van der Waals surface area contributed by atoms with Gasteiger partial charge in [-0.3, -0.25) is 4.79 Å². The number of thiol groups is 1. The summed E-state index contributed by atoms with van der Waals surface area (Å²) < 4.78 is 5.02. The minimum Gasteiger partial charge on any atom is -0.461 e. The number of carbonyl (C=O) groups is 1. The highest BCUT2D eigenvalue weighted by molar-refractivity contribution is 7.80. The molecule has 1 aromatic carbocycles. The summed E-state index contributed by atoms with van der Waals surface area (Å²) in [6.07, 6.45) is 2.21. The molecule has 0 unspecified atom stereocenters. The lowest BCUT2D eigenvalue weighted by Crippen LogP contribution is -1.81. The number of hydrogen-bond donors (Lipinski definition) is 1. The molecule has 1 heterocycles. The Labute approximate surface area is 87.0 Å². The van der Waals surface area contributed by atoms with Crippen LogP contribution in [0.4, 0.5) is 0 Å². The molecule has 3 heteroatoms. The Bertz CT molecular complexity index is 460. The largest absolute Gasteiger partial charge is 0.461 e. The van der Waals surface area contributed by atoms with Crippen LogP contribution in [0.15, 0.2) is 45.9 Å². The van der Waals surface area contributed by atoms with Crippen molar-refractivity contribution < 1.29 is 9.21 Å². The number of hydrogen-bond acceptors (Lipinski definition) is 3. The predicted octanol–water partition coefficient (Wildman–Crippen LogP) is 3.05. The van der Waals surface area contributed by atoms with E-state index in [0.717, 1.165) is 16.0 Å². The van der Waals surface area contributed by atoms with Crippen LogP contribution in [-0.2, 0) is 0 Å². The number of furan rings is 1. The van der Waals surface area contributed by atoms with Crippen LogP contribution in [0.5, 0.6) is 0 Å². The van der Waals surface area contributed by atoms with Crippen LogP contribution >= 0.6 is 12.6 Å². The predicted molar refractivity (Wildman–Crippen MR) is 56.8 cm³/mol. The van der Waals surface area contributed by atoms with Gasteiger partial charge in [-0.1, -0.05) is 12.1 Å². The van der Waals surface area contributed by atoms with Crippen LogP contribution in [0.25, 0.3) is 11.1 Å². The molecule has 0 saturated heterocycles. The lowest BCUT2D eigenvalue weighted by atomic mass is 10.1. The highest BCUT2D eigenvalue weighted by atomic mass is 32.1. The fraction of sp³-hybridized carbons (Fsp3) is 0. The lowest BCUT2D eigenvalue weighted by molar-refractivity contribution is 0.110. The quantitative estimate of drug-likeness (QED) is 0.602. The van der Waals surface area contributed by atoms with Gasteiger partial charge < -0.3 is 4.42 Å². The van der Waals surface area contributed by atoms with E-state index in [0.29, 0.717) is 12.0 Å². The Morgan fingerprint density at radius 3 is 2.86 bits per heavy atom. The number of carbonyl (C=O) groups excluding carboxylic acids is 1. The van der Waals surface area contributed by atoms with Crippen LogP contribution in [0, 0.1) is 0 Å². The van der Waals surface area contributed by atoms with Crippen molar-refractivity contribution in [2.75, 3.05) is 0 Å². The molecule has 0 N–H and O–H groups in total. The van der Waals surface area contributed by atoms with E-state index < -0.39 is 0 Å². The van der Waals surface area contributed by atoms with E-state index >= 15 is 0 Å². The van der Waals surface area contributed by atoms with Gasteiger partial charge in [0.15, 0.2) is 12.0 Å². The number of aldehydes is 1. The molecule has 0 fully saturated rings. The second-order valence-corrected chi connectivity index (χ2v) is 3.38. The molecule has 0 saturated carbocycles. The molecule has 0 amide bonds. The lowest BCUT2D eigenvalue weighted by Gasteiger charge is -1.98. The first kappa shape index (κ1) is 9.09. The van der Waals surface area contributed by atoms with Gasteiger partial charge in [0, 0.05) is 10.5 Å². The molecular weight excluding hydrogens is 196 g/mol. The van der Waals surface area contributed by atoms with Gasteiger partial charge in [0.2, 0.25) is 0 Å². The maximum Gasteiger partial charge on any atom is 0.185 e. The monoisotopic (exact) mass is 204 g/mol. The molecule has 70 valence electrons. The minimum atomic E-state index is 0.351. The first-order chi connectivity index (χ1) is 6.81. The maximum absolute atomic E-state index is 10.6. The molecule has 0 spiro atoms. The van der Waals surface area contributed by atoms with Crippen LogP contribution in [0.2, 0.25) is 0 Å². The summed E-state index contributed by atoms with van der Waals surface area (Å²) in [5, 5.41) is 0. The molecule has 0 aliphatic heterocycles. The minimum absolute atomic E-state index is 0.351. The number of benzene rings is 1. The zero-order valence-electron chi connectivity index (χ0n) is 7.31. The topological polar surface area (TPSA) is 30.2 Å². The Morgan fingerprint density at radius 2 is 2.14 bits per heavy atom. The summed E-state index contributed by atoms with van der Waals surface area (Å²) in [5.41, 5.74) is 1.74. The molecule has 0 aliphatic rings. The van der Waals surface area contributed by atoms with E-state index in [-0.39, 0.29) is 0 Å². The van der Waals surface area contributed by atoms with Crippen LogP contribution in [0.3, 0.4) is 0 Å². The van der Waals surface area contributed by atoms with Crippen molar-refractivity contribution >= 4 is 18.9 Å². The molecule has 0 bridgehead atoms. The second kappa shape index (κ2) is 3.72. The summed E-state index contributed by atoms with van der Waals surface area (Å²) in [4.78, 5) is 11.5. The average Bonchev–Trinajstić information content (AvgIpc) is 2.65. The molecule has 2 rings (SSSR count). The SMILES string of the molecule is O=Cc1occc1-c1cccc(S)c1. The van der Waals surface area contributed by atoms with Crippen molar-refractivity contribution in [1.82, 2.24) is 0 Å². The standard InChI is InChI=1S/C11H8O2S/c12-7-11-10(4-5-13-11)8-2-1-3-9(14)6-8/h1-7,14H. The summed E-state index contributed by atoms with van der Waals surface area (Å²) >= 11 is 4.23. The van der Waals surface area contributed by atoms with Crippen molar-refractivity contribution in [1.29, 1.82) is 0 Å². The summed E-state index contributed by atoms with van der Waals surface area (Å²) in [6, 6.07) is 9.34. The Kier molecular flexibility index (Phi) is 2.41. The van der Waals surface area contributed by atoms with Crippen LogP contribution in [-0.4, -0.2) is 6.29 Å². The van der Waals surface area contributed by atoms with Crippen molar-refractivity contribution in [2.24, 2.45) is 0 Å². The van der Waals surface area contributed by atoms with Gasteiger partial charge in [-0.05, 0) is 23.8 Å². The molecule has 1 aromatic heterocycles. The third kappa shape index (κ3) is 1.59. The van der Waals surface area contributed by atoms with E-state index in [2.05, 4.69) is 12.6 Å².